The van der Waals surface area contributed by atoms with Crippen LogP contribution >= 0.6 is 7.82 Å². The maximum atomic E-state index is 12.6. The van der Waals surface area contributed by atoms with E-state index in [0.717, 1.165) is 38.5 Å². The van der Waals surface area contributed by atoms with Gasteiger partial charge in [0, 0.05) is 37.6 Å². The number of phosphoric acid groups is 1. The molecule has 0 aromatic rings. The monoisotopic (exact) mass is 838 g/mol. The number of hydrogen-bond acceptors (Lipinski definition) is 11. The molecule has 0 aliphatic heterocycles. The van der Waals surface area contributed by atoms with E-state index < -0.39 is 44.7 Å². The van der Waals surface area contributed by atoms with Crippen molar-refractivity contribution in [1.82, 2.24) is 0 Å². The summed E-state index contributed by atoms with van der Waals surface area (Å²) < 4.78 is 32.6. The minimum Gasteiger partial charge on any atom is -0.462 e. The molecule has 0 amide bonds. The Kier molecular flexibility index (Phi) is 32.3. The minimum atomic E-state index is -4.46. The largest absolute Gasteiger partial charge is 0.472 e. The molecule has 58 heavy (non-hydrogen) atoms. The molecule has 0 heterocycles. The third-order valence-corrected chi connectivity index (χ3v) is 10.7. The molecule has 6 atom stereocenters. The van der Waals surface area contributed by atoms with Gasteiger partial charge in [0.15, 0.2) is 6.10 Å². The fraction of sp³-hybridized carbons (Fsp3) is 0.711. The molecule has 1 fully saturated rings. The Labute approximate surface area is 349 Å². The van der Waals surface area contributed by atoms with E-state index >= 15 is 0 Å². The summed E-state index contributed by atoms with van der Waals surface area (Å²) in [4.78, 5) is 47.5. The molecule has 0 radical (unpaired) electrons. The predicted octanol–water partition coefficient (Wildman–Crippen LogP) is 9.08. The van der Waals surface area contributed by atoms with Crippen molar-refractivity contribution in [3.05, 3.63) is 60.8 Å². The van der Waals surface area contributed by atoms with Crippen molar-refractivity contribution in [2.45, 2.75) is 167 Å². The van der Waals surface area contributed by atoms with Crippen molar-refractivity contribution in [2.24, 2.45) is 17.6 Å². The van der Waals surface area contributed by atoms with Crippen LogP contribution in [0.5, 0.6) is 0 Å². The topological polar surface area (TPSA) is 192 Å². The number of carbonyl (C=O) groups is 3. The van der Waals surface area contributed by atoms with Crippen LogP contribution in [-0.4, -0.2) is 77.5 Å². The molecular weight excluding hydrogens is 761 g/mol. The van der Waals surface area contributed by atoms with Crippen molar-refractivity contribution in [1.29, 1.82) is 0 Å². The van der Waals surface area contributed by atoms with E-state index in [1.165, 1.54) is 38.5 Å². The second-order valence-corrected chi connectivity index (χ2v) is 16.4. The highest BCUT2D eigenvalue weighted by atomic mass is 31.2. The van der Waals surface area contributed by atoms with Crippen molar-refractivity contribution in [2.75, 3.05) is 26.4 Å². The number of Topliss-reactive ketones (excluding diaryl/α,β-unsaturated/α-hetero) is 1. The van der Waals surface area contributed by atoms with Gasteiger partial charge in [0.1, 0.15) is 12.4 Å². The fourth-order valence-electron chi connectivity index (χ4n) is 6.39. The Hall–Kier alpha value is -2.70. The fourth-order valence-corrected chi connectivity index (χ4v) is 7.16. The molecule has 13 heteroatoms. The lowest BCUT2D eigenvalue weighted by atomic mass is 9.90. The lowest BCUT2D eigenvalue weighted by molar-refractivity contribution is -0.161. The standard InChI is InChI=1S/C45H76NO11P/c1-3-5-7-8-9-10-11-12-13-14-15-16-17-18-19-20-26-30-45(51)57-39(37-56-58(52,53)55-34-33-46)36-54-44(50)29-25-22-21-24-28-40-41(43(49)35-42(40)48)32-31-38(47)27-23-6-4-2/h12-13,15-16,18-19,21,24,31-32,38-41,43,47,49H,3-11,14,17,20,22-23,25-30,33-37,46H2,1-2H3,(H,52,53)/b13-12-,16-15-,19-18-,24-21-,32-31+/t38-,39+,40+,41+,43+/m0/s1. The van der Waals surface area contributed by atoms with Crippen LogP contribution in [0.1, 0.15) is 149 Å². The third kappa shape index (κ3) is 28.7. The Morgan fingerprint density at radius 2 is 1.38 bits per heavy atom. The van der Waals surface area contributed by atoms with Gasteiger partial charge in [-0.1, -0.05) is 126 Å². The van der Waals surface area contributed by atoms with Crippen LogP contribution in [0.25, 0.3) is 0 Å². The summed E-state index contributed by atoms with van der Waals surface area (Å²) in [6.45, 7) is 3.24. The minimum absolute atomic E-state index is 0.00448. The Balaban J connectivity index is 2.45. The summed E-state index contributed by atoms with van der Waals surface area (Å²) >= 11 is 0. The quantitative estimate of drug-likeness (QED) is 0.0203. The lowest BCUT2D eigenvalue weighted by Crippen LogP contribution is -2.29. The summed E-state index contributed by atoms with van der Waals surface area (Å²) in [5.74, 6) is -1.82. The highest BCUT2D eigenvalue weighted by Crippen LogP contribution is 2.43. The number of rotatable bonds is 36. The molecule has 0 saturated heterocycles. The molecule has 1 rings (SSSR count). The molecule has 1 unspecified atom stereocenters. The number of esters is 2. The van der Waals surface area contributed by atoms with Crippen LogP contribution in [0.15, 0.2) is 60.8 Å². The number of ether oxygens (including phenoxy) is 2. The molecule has 0 spiro atoms. The van der Waals surface area contributed by atoms with E-state index in [-0.39, 0.29) is 56.6 Å². The van der Waals surface area contributed by atoms with Crippen LogP contribution in [-0.2, 0) is 37.5 Å². The molecule has 0 aromatic carbocycles. The first-order valence-electron chi connectivity index (χ1n) is 21.9. The normalized spacial score (nSPS) is 19.6. The van der Waals surface area contributed by atoms with Gasteiger partial charge in [-0.25, -0.2) is 4.57 Å². The van der Waals surface area contributed by atoms with E-state index in [2.05, 4.69) is 38.2 Å². The average molecular weight is 838 g/mol. The van der Waals surface area contributed by atoms with Gasteiger partial charge in [0.2, 0.25) is 0 Å². The third-order valence-electron chi connectivity index (χ3n) is 9.74. The van der Waals surface area contributed by atoms with Gasteiger partial charge in [0.05, 0.1) is 25.4 Å². The van der Waals surface area contributed by atoms with Crippen molar-refractivity contribution < 1.29 is 52.6 Å². The van der Waals surface area contributed by atoms with Crippen LogP contribution in [0.2, 0.25) is 0 Å². The first kappa shape index (κ1) is 53.3. The van der Waals surface area contributed by atoms with Gasteiger partial charge in [0.25, 0.3) is 0 Å². The molecule has 12 nitrogen and oxygen atoms in total. The van der Waals surface area contributed by atoms with Crippen molar-refractivity contribution in [3.63, 3.8) is 0 Å². The second-order valence-electron chi connectivity index (χ2n) is 15.0. The van der Waals surface area contributed by atoms with Gasteiger partial charge < -0.3 is 30.3 Å². The van der Waals surface area contributed by atoms with Crippen LogP contribution < -0.4 is 5.73 Å². The highest BCUT2D eigenvalue weighted by Gasteiger charge is 2.39. The average Bonchev–Trinajstić information content (AvgIpc) is 3.47. The number of carbonyl (C=O) groups excluding carboxylic acids is 3. The molecule has 0 aromatic heterocycles. The molecule has 0 bridgehead atoms. The SMILES string of the molecule is CCCCCCCC/C=C\C/C=C\C/C=C\CCCC(=O)O[C@H](COC(=O)CCC/C=C\C[C@H]1C(=O)C[C@@H](O)[C@@H]1/C=C/[C@@H](O)CCCCC)COP(=O)(O)OCCN. The van der Waals surface area contributed by atoms with Crippen LogP contribution in [0.3, 0.4) is 0 Å². The summed E-state index contributed by atoms with van der Waals surface area (Å²) in [6, 6.07) is 0. The summed E-state index contributed by atoms with van der Waals surface area (Å²) in [6.07, 6.45) is 34.8. The number of unbranched alkanes of at least 4 members (excludes halogenated alkanes) is 10. The summed E-state index contributed by atoms with van der Waals surface area (Å²) in [5.41, 5.74) is 5.33. The maximum absolute atomic E-state index is 12.6. The number of aliphatic hydroxyl groups excluding tert-OH is 2. The van der Waals surface area contributed by atoms with Crippen LogP contribution in [0, 0.1) is 11.8 Å². The molecule has 1 aliphatic rings. The van der Waals surface area contributed by atoms with E-state index in [0.29, 0.717) is 38.5 Å². The van der Waals surface area contributed by atoms with E-state index in [1.54, 1.807) is 12.2 Å². The molecule has 5 N–H and O–H groups in total. The zero-order chi connectivity index (χ0) is 42.7. The molecular formula is C45H76NO11P. The van der Waals surface area contributed by atoms with E-state index in [1.807, 2.05) is 24.3 Å². The zero-order valence-corrected chi connectivity index (χ0v) is 36.4. The molecule has 1 aliphatic carbocycles. The van der Waals surface area contributed by atoms with Gasteiger partial charge >= 0.3 is 19.8 Å². The second kappa shape index (κ2) is 35.1. The molecule has 1 saturated carbocycles. The number of phosphoric ester groups is 1. The number of allylic oxidation sites excluding steroid dienone is 8. The zero-order valence-electron chi connectivity index (χ0n) is 35.5. The smallest absolute Gasteiger partial charge is 0.462 e. The first-order chi connectivity index (χ1) is 28.0. The lowest BCUT2D eigenvalue weighted by Gasteiger charge is -2.19. The Morgan fingerprint density at radius 1 is 0.793 bits per heavy atom. The van der Waals surface area contributed by atoms with Gasteiger partial charge in [-0.05, 0) is 64.2 Å². The van der Waals surface area contributed by atoms with Gasteiger partial charge in [-0.15, -0.1) is 0 Å². The van der Waals surface area contributed by atoms with Crippen molar-refractivity contribution in [3.8, 4) is 0 Å². The number of ketones is 1. The number of hydrogen-bond donors (Lipinski definition) is 4. The van der Waals surface area contributed by atoms with Gasteiger partial charge in [-0.3, -0.25) is 23.4 Å². The van der Waals surface area contributed by atoms with E-state index in [4.69, 9.17) is 24.3 Å². The number of nitrogens with two attached hydrogens (primary N) is 1. The van der Waals surface area contributed by atoms with Crippen LogP contribution in [0.4, 0.5) is 0 Å². The number of aliphatic hydroxyl groups is 2. The Morgan fingerprint density at radius 3 is 2.05 bits per heavy atom. The Bertz CT molecular complexity index is 1300. The highest BCUT2D eigenvalue weighted by molar-refractivity contribution is 7.47. The van der Waals surface area contributed by atoms with Crippen molar-refractivity contribution >= 4 is 25.5 Å². The van der Waals surface area contributed by atoms with E-state index in [9.17, 15) is 34.1 Å². The summed E-state index contributed by atoms with van der Waals surface area (Å²) in [5, 5.41) is 20.7. The van der Waals surface area contributed by atoms with Gasteiger partial charge in [-0.2, -0.15) is 0 Å². The summed E-state index contributed by atoms with van der Waals surface area (Å²) in [7, 11) is -4.46. The maximum Gasteiger partial charge on any atom is 0.472 e. The molecule has 332 valence electrons. The predicted molar refractivity (Wildman–Crippen MR) is 230 cm³/mol. The first-order valence-corrected chi connectivity index (χ1v) is 23.4.